The monoisotopic (exact) mass is 573 g/mol. The second kappa shape index (κ2) is 12.1. The fourth-order valence-electron chi connectivity index (χ4n) is 4.67. The first-order valence-corrected chi connectivity index (χ1v) is 13.6. The van der Waals surface area contributed by atoms with E-state index in [0.717, 1.165) is 22.5 Å². The summed E-state index contributed by atoms with van der Waals surface area (Å²) in [6.45, 7) is 2.33. The Bertz CT molecular complexity index is 1500. The lowest BCUT2D eigenvalue weighted by atomic mass is 10.00. The fraction of sp³-hybridized carbons (Fsp3) is 0.323. The van der Waals surface area contributed by atoms with Crippen LogP contribution >= 0.6 is 0 Å². The molecule has 0 N–H and O–H groups in total. The van der Waals surface area contributed by atoms with Crippen molar-refractivity contribution < 1.29 is 33.3 Å². The fourth-order valence-corrected chi connectivity index (χ4v) is 4.67. The molecule has 0 saturated carbocycles. The lowest BCUT2D eigenvalue weighted by molar-refractivity contribution is -0.384. The summed E-state index contributed by atoms with van der Waals surface area (Å²) in [4.78, 5) is 10.8. The highest BCUT2D eigenvalue weighted by atomic mass is 16.6. The number of anilines is 1. The van der Waals surface area contributed by atoms with Crippen molar-refractivity contribution in [2.24, 2.45) is 5.10 Å². The first kappa shape index (κ1) is 27.6. The van der Waals surface area contributed by atoms with Gasteiger partial charge in [0.1, 0.15) is 25.4 Å². The van der Waals surface area contributed by atoms with Crippen molar-refractivity contribution >= 4 is 23.2 Å². The van der Waals surface area contributed by atoms with Crippen LogP contribution in [0.2, 0.25) is 0 Å². The van der Waals surface area contributed by atoms with Crippen LogP contribution in [0.5, 0.6) is 23.0 Å². The number of rotatable bonds is 13. The normalized spacial score (nSPS) is 20.8. The maximum absolute atomic E-state index is 11.2. The van der Waals surface area contributed by atoms with Crippen molar-refractivity contribution in [3.05, 3.63) is 88.0 Å². The molecule has 3 heterocycles. The van der Waals surface area contributed by atoms with Crippen LogP contribution in [0.25, 0.3) is 6.08 Å². The van der Waals surface area contributed by atoms with Crippen LogP contribution in [0.4, 0.5) is 11.4 Å². The van der Waals surface area contributed by atoms with E-state index in [0.29, 0.717) is 55.8 Å². The molecule has 3 aliphatic rings. The van der Waals surface area contributed by atoms with Crippen LogP contribution in [0.1, 0.15) is 23.6 Å². The number of epoxide rings is 2. The number of nitro benzene ring substituents is 1. The summed E-state index contributed by atoms with van der Waals surface area (Å²) < 4.78 is 33.4. The van der Waals surface area contributed by atoms with Crippen molar-refractivity contribution in [2.75, 3.05) is 45.7 Å². The highest BCUT2D eigenvalue weighted by Gasteiger charge is 2.30. The molecule has 3 unspecified atom stereocenters. The number of hydrogen-bond donors (Lipinski definition) is 0. The molecular weight excluding hydrogens is 542 g/mol. The molecular formula is C31H31N3O8. The van der Waals surface area contributed by atoms with Gasteiger partial charge in [-0.15, -0.1) is 0 Å². The lowest BCUT2D eigenvalue weighted by Gasteiger charge is -2.24. The molecule has 42 heavy (non-hydrogen) atoms. The van der Waals surface area contributed by atoms with E-state index in [-0.39, 0.29) is 23.9 Å². The van der Waals surface area contributed by atoms with E-state index >= 15 is 0 Å². The van der Waals surface area contributed by atoms with Crippen molar-refractivity contribution in [3.63, 3.8) is 0 Å². The van der Waals surface area contributed by atoms with E-state index in [1.165, 1.54) is 12.1 Å². The van der Waals surface area contributed by atoms with Crippen molar-refractivity contribution in [1.82, 2.24) is 0 Å². The average Bonchev–Trinajstić information content (AvgIpc) is 3.96. The predicted molar refractivity (Wildman–Crippen MR) is 156 cm³/mol. The number of hydrazone groups is 1. The molecule has 0 aliphatic carbocycles. The third kappa shape index (κ3) is 6.48. The Morgan fingerprint density at radius 1 is 0.881 bits per heavy atom. The van der Waals surface area contributed by atoms with Gasteiger partial charge in [-0.05, 0) is 53.6 Å². The molecule has 2 saturated heterocycles. The summed E-state index contributed by atoms with van der Waals surface area (Å²) in [5, 5.41) is 18.0. The molecule has 6 rings (SSSR count). The number of non-ortho nitro benzene ring substituents is 1. The molecule has 2 fully saturated rings. The molecule has 11 heteroatoms. The van der Waals surface area contributed by atoms with Gasteiger partial charge < -0.3 is 28.4 Å². The number of benzene rings is 3. The van der Waals surface area contributed by atoms with E-state index in [2.05, 4.69) is 0 Å². The minimum absolute atomic E-state index is 0.0202. The van der Waals surface area contributed by atoms with Gasteiger partial charge in [-0.1, -0.05) is 18.2 Å². The predicted octanol–water partition coefficient (Wildman–Crippen LogP) is 5.19. The Morgan fingerprint density at radius 3 is 2.10 bits per heavy atom. The van der Waals surface area contributed by atoms with E-state index in [1.807, 2.05) is 53.6 Å². The van der Waals surface area contributed by atoms with Crippen LogP contribution in [0.3, 0.4) is 0 Å². The molecule has 0 radical (unpaired) electrons. The lowest BCUT2D eigenvalue weighted by Crippen LogP contribution is -2.18. The van der Waals surface area contributed by atoms with Gasteiger partial charge in [0.25, 0.3) is 5.69 Å². The van der Waals surface area contributed by atoms with Gasteiger partial charge in [0.15, 0.2) is 23.0 Å². The Labute approximate surface area is 243 Å². The van der Waals surface area contributed by atoms with E-state index in [4.69, 9.17) is 33.5 Å². The van der Waals surface area contributed by atoms with Crippen molar-refractivity contribution in [1.29, 1.82) is 0 Å². The molecule has 3 aliphatic heterocycles. The van der Waals surface area contributed by atoms with Gasteiger partial charge in [-0.25, -0.2) is 0 Å². The van der Waals surface area contributed by atoms with Gasteiger partial charge in [0.05, 0.1) is 49.8 Å². The van der Waals surface area contributed by atoms with Crippen molar-refractivity contribution in [2.45, 2.75) is 24.7 Å². The number of ether oxygens (including phenoxy) is 6. The van der Waals surface area contributed by atoms with Gasteiger partial charge >= 0.3 is 0 Å². The van der Waals surface area contributed by atoms with Crippen LogP contribution in [-0.4, -0.2) is 63.5 Å². The smallest absolute Gasteiger partial charge is 0.269 e. The second-order valence-corrected chi connectivity index (χ2v) is 10.1. The maximum atomic E-state index is 11.2. The largest absolute Gasteiger partial charge is 0.493 e. The number of nitro groups is 1. The minimum Gasteiger partial charge on any atom is -0.493 e. The summed E-state index contributed by atoms with van der Waals surface area (Å²) in [6, 6.07) is 17.8. The Balaban J connectivity index is 1.27. The third-order valence-electron chi connectivity index (χ3n) is 7.14. The zero-order valence-electron chi connectivity index (χ0n) is 23.3. The average molecular weight is 574 g/mol. The summed E-state index contributed by atoms with van der Waals surface area (Å²) in [5.74, 6) is 2.56. The summed E-state index contributed by atoms with van der Waals surface area (Å²) in [5.41, 5.74) is 3.49. The molecule has 3 aromatic carbocycles. The van der Waals surface area contributed by atoms with Gasteiger partial charge in [-0.2, -0.15) is 5.10 Å². The molecule has 218 valence electrons. The number of methoxy groups -OCH3 is 2. The number of nitrogens with zero attached hydrogens (tertiary/aromatic N) is 3. The molecule has 11 nitrogen and oxygen atoms in total. The van der Waals surface area contributed by atoms with Crippen LogP contribution in [-0.2, 0) is 9.47 Å². The van der Waals surface area contributed by atoms with Gasteiger partial charge in [0.2, 0.25) is 0 Å². The van der Waals surface area contributed by atoms with Gasteiger partial charge in [-0.3, -0.25) is 15.1 Å². The van der Waals surface area contributed by atoms with Crippen LogP contribution < -0.4 is 24.0 Å². The standard InChI is InChI=1S/C31H31N3O8/c1-37-28-11-4-20(13-30(28)41-18-25-16-39-25)3-6-22-15-27(33(32-22)23-7-9-24(10-8-23)34(35)36)21-5-12-29(38-2)31(14-21)42-19-26-17-40-26/h3-14,25-27H,15-19H2,1-2H3/b6-3+. The molecule has 0 spiro atoms. The van der Waals surface area contributed by atoms with Crippen LogP contribution in [0.15, 0.2) is 71.8 Å². The number of allylic oxidation sites excluding steroid dienone is 1. The molecule has 3 atom stereocenters. The Hall–Kier alpha value is -4.61. The quantitative estimate of drug-likeness (QED) is 0.155. The Kier molecular flexibility index (Phi) is 7.93. The molecule has 0 amide bonds. The third-order valence-corrected chi connectivity index (χ3v) is 7.14. The van der Waals surface area contributed by atoms with Crippen molar-refractivity contribution in [3.8, 4) is 23.0 Å². The topological polar surface area (TPSA) is 121 Å². The SMILES string of the molecule is COc1ccc(/C=C/C2=NN(c3ccc([N+](=O)[O-])cc3)C(c3ccc(OC)c(OCC4CO4)c3)C2)cc1OCC1CO1. The number of hydrogen-bond acceptors (Lipinski definition) is 10. The second-order valence-electron chi connectivity index (χ2n) is 10.1. The summed E-state index contributed by atoms with van der Waals surface area (Å²) in [7, 11) is 3.22. The highest BCUT2D eigenvalue weighted by molar-refractivity contribution is 6.01. The Morgan fingerprint density at radius 2 is 1.50 bits per heavy atom. The van der Waals surface area contributed by atoms with E-state index < -0.39 is 4.92 Å². The zero-order valence-corrected chi connectivity index (χ0v) is 23.3. The summed E-state index contributed by atoms with van der Waals surface area (Å²) >= 11 is 0. The zero-order chi connectivity index (χ0) is 29.1. The van der Waals surface area contributed by atoms with E-state index in [9.17, 15) is 10.1 Å². The van der Waals surface area contributed by atoms with E-state index in [1.54, 1.807) is 26.4 Å². The first-order chi connectivity index (χ1) is 20.5. The van der Waals surface area contributed by atoms with Crippen LogP contribution in [0, 0.1) is 10.1 Å². The molecule has 0 bridgehead atoms. The first-order valence-electron chi connectivity index (χ1n) is 13.6. The maximum Gasteiger partial charge on any atom is 0.269 e. The summed E-state index contributed by atoms with van der Waals surface area (Å²) in [6.07, 6.45) is 4.79. The van der Waals surface area contributed by atoms with Gasteiger partial charge in [0, 0.05) is 18.6 Å². The molecule has 3 aromatic rings. The minimum atomic E-state index is -0.413. The highest BCUT2D eigenvalue weighted by Crippen LogP contribution is 2.40. The molecule has 0 aromatic heterocycles.